The van der Waals surface area contributed by atoms with Crippen molar-refractivity contribution >= 4 is 11.0 Å². The summed E-state index contributed by atoms with van der Waals surface area (Å²) in [7, 11) is 0. The van der Waals surface area contributed by atoms with Gasteiger partial charge in [-0.15, -0.1) is 0 Å². The highest BCUT2D eigenvalue weighted by molar-refractivity contribution is 5.75. The maximum absolute atomic E-state index is 13.2. The van der Waals surface area contributed by atoms with Crippen molar-refractivity contribution in [3.63, 3.8) is 0 Å². The van der Waals surface area contributed by atoms with E-state index in [1.54, 1.807) is 48.8 Å². The first-order valence-corrected chi connectivity index (χ1v) is 8.70. The standard InChI is InChI=1S/C21H15N5O2/c22-14-15-6-8-17(9-7-15)26-19-18(5-3-12-24-19)20(27)25(21(26)28)13-10-16-4-1-2-11-23-16/h1-9,11-12H,10,13H2. The molecule has 7 heteroatoms. The Labute approximate surface area is 159 Å². The van der Waals surface area contributed by atoms with Crippen molar-refractivity contribution in [3.8, 4) is 11.8 Å². The van der Waals surface area contributed by atoms with Crippen LogP contribution in [0.2, 0.25) is 0 Å². The van der Waals surface area contributed by atoms with Crippen molar-refractivity contribution in [2.45, 2.75) is 13.0 Å². The molecule has 0 aliphatic carbocycles. The predicted molar refractivity (Wildman–Crippen MR) is 104 cm³/mol. The molecule has 0 amide bonds. The molecular weight excluding hydrogens is 354 g/mol. The molecule has 0 saturated heterocycles. The van der Waals surface area contributed by atoms with Gasteiger partial charge in [0.15, 0.2) is 5.65 Å². The summed E-state index contributed by atoms with van der Waals surface area (Å²) in [5.41, 5.74) is 1.25. The Hall–Kier alpha value is -4.05. The Morgan fingerprint density at radius 3 is 2.43 bits per heavy atom. The van der Waals surface area contributed by atoms with E-state index in [2.05, 4.69) is 16.0 Å². The molecule has 3 aromatic heterocycles. The summed E-state index contributed by atoms with van der Waals surface area (Å²) in [4.78, 5) is 34.6. The summed E-state index contributed by atoms with van der Waals surface area (Å²) in [6.07, 6.45) is 3.67. The molecule has 0 bridgehead atoms. The molecule has 7 nitrogen and oxygen atoms in total. The zero-order chi connectivity index (χ0) is 19.5. The van der Waals surface area contributed by atoms with Gasteiger partial charge in [-0.25, -0.2) is 14.3 Å². The Kier molecular flexibility index (Phi) is 4.52. The largest absolute Gasteiger partial charge is 0.337 e. The molecule has 0 unspecified atom stereocenters. The van der Waals surface area contributed by atoms with Gasteiger partial charge in [-0.1, -0.05) is 6.07 Å². The van der Waals surface area contributed by atoms with Gasteiger partial charge in [0.1, 0.15) is 0 Å². The zero-order valence-corrected chi connectivity index (χ0v) is 14.8. The molecule has 136 valence electrons. The van der Waals surface area contributed by atoms with Crippen LogP contribution in [0.25, 0.3) is 16.7 Å². The fraction of sp³-hybridized carbons (Fsp3) is 0.0952. The Bertz CT molecular complexity index is 1300. The number of fused-ring (bicyclic) bond motifs is 1. The van der Waals surface area contributed by atoms with Gasteiger partial charge in [-0.05, 0) is 48.5 Å². The summed E-state index contributed by atoms with van der Waals surface area (Å²) < 4.78 is 2.60. The first-order chi connectivity index (χ1) is 13.7. The van der Waals surface area contributed by atoms with Crippen LogP contribution in [0.3, 0.4) is 0 Å². The van der Waals surface area contributed by atoms with Gasteiger partial charge >= 0.3 is 5.69 Å². The lowest BCUT2D eigenvalue weighted by molar-refractivity contribution is 0.612. The van der Waals surface area contributed by atoms with E-state index >= 15 is 0 Å². The SMILES string of the molecule is N#Cc1ccc(-n2c(=O)n(CCc3ccccn3)c(=O)c3cccnc32)cc1. The second kappa shape index (κ2) is 7.29. The molecule has 3 heterocycles. The van der Waals surface area contributed by atoms with E-state index < -0.39 is 5.69 Å². The summed E-state index contributed by atoms with van der Waals surface area (Å²) in [5, 5.41) is 9.36. The normalized spacial score (nSPS) is 10.7. The van der Waals surface area contributed by atoms with Gasteiger partial charge in [0.2, 0.25) is 0 Å². The summed E-state index contributed by atoms with van der Waals surface area (Å²) >= 11 is 0. The van der Waals surface area contributed by atoms with E-state index in [0.29, 0.717) is 23.1 Å². The third kappa shape index (κ3) is 3.08. The van der Waals surface area contributed by atoms with Gasteiger partial charge in [-0.2, -0.15) is 5.26 Å². The van der Waals surface area contributed by atoms with Crippen molar-refractivity contribution in [2.75, 3.05) is 0 Å². The average Bonchev–Trinajstić information content (AvgIpc) is 2.75. The molecule has 0 N–H and O–H groups in total. The lowest BCUT2D eigenvalue weighted by Gasteiger charge is -2.13. The lowest BCUT2D eigenvalue weighted by atomic mass is 10.2. The number of benzene rings is 1. The van der Waals surface area contributed by atoms with Crippen molar-refractivity contribution in [3.05, 3.63) is 99.1 Å². The topological polar surface area (TPSA) is 93.6 Å². The Morgan fingerprint density at radius 1 is 0.929 bits per heavy atom. The van der Waals surface area contributed by atoms with E-state index in [9.17, 15) is 9.59 Å². The minimum Gasteiger partial charge on any atom is -0.268 e. The molecule has 28 heavy (non-hydrogen) atoms. The van der Waals surface area contributed by atoms with Gasteiger partial charge in [0, 0.05) is 31.1 Å². The Balaban J connectivity index is 1.90. The van der Waals surface area contributed by atoms with Crippen molar-refractivity contribution in [2.24, 2.45) is 0 Å². The van der Waals surface area contributed by atoms with Crippen LogP contribution >= 0.6 is 0 Å². The van der Waals surface area contributed by atoms with Crippen LogP contribution in [0.5, 0.6) is 0 Å². The van der Waals surface area contributed by atoms with Crippen LogP contribution < -0.4 is 11.2 Å². The molecule has 0 saturated carbocycles. The lowest BCUT2D eigenvalue weighted by Crippen LogP contribution is -2.40. The minimum absolute atomic E-state index is 0.204. The van der Waals surface area contributed by atoms with Crippen LogP contribution in [-0.2, 0) is 13.0 Å². The van der Waals surface area contributed by atoms with Crippen LogP contribution in [0.15, 0.2) is 76.6 Å². The third-order valence-electron chi connectivity index (χ3n) is 4.47. The van der Waals surface area contributed by atoms with E-state index in [1.165, 1.54) is 9.13 Å². The molecule has 0 aliphatic rings. The van der Waals surface area contributed by atoms with Crippen LogP contribution in [-0.4, -0.2) is 19.1 Å². The molecule has 1 aromatic carbocycles. The maximum atomic E-state index is 13.2. The molecule has 0 fully saturated rings. The second-order valence-corrected chi connectivity index (χ2v) is 6.18. The number of pyridine rings is 2. The van der Waals surface area contributed by atoms with Gasteiger partial charge in [-0.3, -0.25) is 14.3 Å². The zero-order valence-electron chi connectivity index (χ0n) is 14.8. The van der Waals surface area contributed by atoms with Crippen LogP contribution in [0.1, 0.15) is 11.3 Å². The second-order valence-electron chi connectivity index (χ2n) is 6.18. The van der Waals surface area contributed by atoms with Crippen molar-refractivity contribution in [1.29, 1.82) is 5.26 Å². The molecule has 0 radical (unpaired) electrons. The molecule has 0 spiro atoms. The third-order valence-corrected chi connectivity index (χ3v) is 4.47. The summed E-state index contributed by atoms with van der Waals surface area (Å²) in [6, 6.07) is 17.5. The van der Waals surface area contributed by atoms with Gasteiger partial charge < -0.3 is 0 Å². The van der Waals surface area contributed by atoms with E-state index in [4.69, 9.17) is 5.26 Å². The fourth-order valence-electron chi connectivity index (χ4n) is 3.07. The highest BCUT2D eigenvalue weighted by atomic mass is 16.2. The maximum Gasteiger partial charge on any atom is 0.337 e. The van der Waals surface area contributed by atoms with E-state index in [1.807, 2.05) is 18.2 Å². The number of nitrogens with zero attached hydrogens (tertiary/aromatic N) is 5. The monoisotopic (exact) mass is 369 g/mol. The number of rotatable bonds is 4. The van der Waals surface area contributed by atoms with Crippen molar-refractivity contribution in [1.82, 2.24) is 19.1 Å². The van der Waals surface area contributed by atoms with Crippen molar-refractivity contribution < 1.29 is 0 Å². The number of aromatic nitrogens is 4. The van der Waals surface area contributed by atoms with Gasteiger partial charge in [0.05, 0.1) is 22.7 Å². The minimum atomic E-state index is -0.475. The summed E-state index contributed by atoms with van der Waals surface area (Å²) in [5.74, 6) is 0. The molecule has 0 aliphatic heterocycles. The number of nitriles is 1. The fourth-order valence-corrected chi connectivity index (χ4v) is 3.07. The smallest absolute Gasteiger partial charge is 0.268 e. The molecule has 4 rings (SSSR count). The van der Waals surface area contributed by atoms with Crippen LogP contribution in [0, 0.1) is 11.3 Å². The quantitative estimate of drug-likeness (QED) is 0.549. The molecule has 4 aromatic rings. The summed E-state index contributed by atoms with van der Waals surface area (Å²) in [6.45, 7) is 0.204. The van der Waals surface area contributed by atoms with Gasteiger partial charge in [0.25, 0.3) is 5.56 Å². The first-order valence-electron chi connectivity index (χ1n) is 8.70. The molecule has 0 atom stereocenters. The highest BCUT2D eigenvalue weighted by Gasteiger charge is 2.15. The average molecular weight is 369 g/mol. The van der Waals surface area contributed by atoms with E-state index in [0.717, 1.165) is 5.69 Å². The number of hydrogen-bond donors (Lipinski definition) is 0. The highest BCUT2D eigenvalue weighted by Crippen LogP contribution is 2.13. The van der Waals surface area contributed by atoms with Crippen LogP contribution in [0.4, 0.5) is 0 Å². The first kappa shape index (κ1) is 17.4. The number of aryl methyl sites for hydroxylation is 1. The Morgan fingerprint density at radius 2 is 1.71 bits per heavy atom. The predicted octanol–water partition coefficient (Wildman–Crippen LogP) is 2.06. The number of hydrogen-bond acceptors (Lipinski definition) is 5. The molecular formula is C21H15N5O2. The van der Waals surface area contributed by atoms with E-state index in [-0.39, 0.29) is 17.8 Å².